The van der Waals surface area contributed by atoms with Gasteiger partial charge >= 0.3 is 5.16 Å². The number of nitrogens with one attached hydrogen (secondary N) is 1. The molecule has 7 nitrogen and oxygen atoms in total. The van der Waals surface area contributed by atoms with E-state index in [1.54, 1.807) is 0 Å². The quantitative estimate of drug-likeness (QED) is 0.702. The molecule has 0 aliphatic rings. The van der Waals surface area contributed by atoms with Crippen molar-refractivity contribution in [1.82, 2.24) is 19.9 Å². The molecule has 0 fully saturated rings. The molecule has 0 bridgehead atoms. The van der Waals surface area contributed by atoms with Gasteiger partial charge in [-0.25, -0.2) is 0 Å². The number of hydrogen-bond donors (Lipinski definition) is 1. The predicted octanol–water partition coefficient (Wildman–Crippen LogP) is 2.29. The van der Waals surface area contributed by atoms with Crippen LogP contribution in [0.15, 0.2) is 23.5 Å². The van der Waals surface area contributed by atoms with Crippen LogP contribution in [0, 0.1) is 13.7 Å². The van der Waals surface area contributed by atoms with E-state index >= 15 is 0 Å². The molecule has 1 unspecified atom stereocenters. The molecule has 3 aromatic rings. The van der Waals surface area contributed by atoms with Crippen LogP contribution in [0.4, 0.5) is 0 Å². The largest absolute Gasteiger partial charge is 0.609 e. The summed E-state index contributed by atoms with van der Waals surface area (Å²) in [5.41, 5.74) is -6.61. The van der Waals surface area contributed by atoms with Crippen molar-refractivity contribution in [3.8, 4) is 11.6 Å². The lowest BCUT2D eigenvalue weighted by Crippen LogP contribution is -2.10. The number of nitrogens with zero attached hydrogens (tertiary/aromatic N) is 3. The van der Waals surface area contributed by atoms with E-state index in [0.717, 1.165) is 13.2 Å². The summed E-state index contributed by atoms with van der Waals surface area (Å²) < 4.78 is 124. The van der Waals surface area contributed by atoms with E-state index in [1.165, 1.54) is 6.07 Å². The number of H-pyrrole nitrogens is 1. The molecule has 3 rings (SSSR count). The van der Waals surface area contributed by atoms with Crippen LogP contribution in [0.2, 0.25) is 1.41 Å². The Bertz CT molecular complexity index is 1340. The smallest absolute Gasteiger partial charge is 0.323 e. The van der Waals surface area contributed by atoms with Gasteiger partial charge in [0.15, 0.2) is 12.8 Å². The number of aromatic nitrogens is 4. The summed E-state index contributed by atoms with van der Waals surface area (Å²) in [4.78, 5) is 11.7. The van der Waals surface area contributed by atoms with Crippen molar-refractivity contribution < 1.29 is 31.9 Å². The van der Waals surface area contributed by atoms with E-state index in [0.29, 0.717) is 4.98 Å². The van der Waals surface area contributed by atoms with Crippen molar-refractivity contribution in [2.45, 2.75) is 24.6 Å². The van der Waals surface area contributed by atoms with E-state index in [9.17, 15) is 4.55 Å². The molecule has 3 aromatic heterocycles. The Morgan fingerprint density at radius 1 is 1.42 bits per heavy atom. The lowest BCUT2D eigenvalue weighted by Gasteiger charge is -2.13. The van der Waals surface area contributed by atoms with Gasteiger partial charge < -0.3 is 14.0 Å². The van der Waals surface area contributed by atoms with Crippen molar-refractivity contribution in [2.75, 3.05) is 14.1 Å². The van der Waals surface area contributed by atoms with Crippen molar-refractivity contribution in [2.24, 2.45) is 0 Å². The minimum absolute atomic E-state index is 0.113. The van der Waals surface area contributed by atoms with Crippen molar-refractivity contribution in [3.63, 3.8) is 0 Å². The summed E-state index contributed by atoms with van der Waals surface area (Å²) in [7, 11) is -1.91. The second kappa shape index (κ2) is 6.66. The first-order valence-electron chi connectivity index (χ1n) is 12.7. The molecular formula is C16H18N4O3S. The Morgan fingerprint density at radius 3 is 3.08 bits per heavy atom. The molecule has 1 atom stereocenters. The average Bonchev–Trinajstić information content (AvgIpc) is 3.04. The number of hydrogen-bond acceptors (Lipinski definition) is 6. The Hall–Kier alpha value is -2.32. The highest BCUT2D eigenvalue weighted by molar-refractivity contribution is 7.90. The zero-order valence-corrected chi connectivity index (χ0v) is 12.9. The number of pyridine rings is 2. The molecule has 3 heterocycles. The van der Waals surface area contributed by atoms with Crippen molar-refractivity contribution in [3.05, 3.63) is 35.1 Å². The molecule has 126 valence electrons. The van der Waals surface area contributed by atoms with E-state index in [1.807, 2.05) is 0 Å². The van der Waals surface area contributed by atoms with Gasteiger partial charge in [0.25, 0.3) is 0 Å². The van der Waals surface area contributed by atoms with E-state index in [2.05, 4.69) is 19.7 Å². The Balaban J connectivity index is 2.23. The van der Waals surface area contributed by atoms with Gasteiger partial charge in [0, 0.05) is 42.8 Å². The van der Waals surface area contributed by atoms with E-state index < -0.39 is 77.4 Å². The standard InChI is InChI=1S/C16H18N4O3S/c1-9-7-17-12(10(2)14(9)23-4)8-24(21)16-18-11-5-6-13(22-3)19-15(11)20-16/h5-7H,8H2,1-4H3,(H,18,19,20)/i1D3,2D3,3D3,7D,8D2/hD. The molecule has 0 aromatic carbocycles. The normalized spacial score (nSPS) is 22.5. The minimum Gasteiger partial charge on any atom is -0.609 e. The maximum Gasteiger partial charge on any atom is 0.323 e. The SMILES string of the molecule is [2H]c1nc(C([2H])([2H])[S+]([O-])c2nc3nc(OC([2H])([2H])[2H])ccc3n2[2H])c(C([2H])([2H])[2H])c(OC)c1C([2H])([2H])[2H]. The molecule has 0 spiro atoms. The number of methoxy groups -OCH3 is 2. The first-order valence-corrected chi connectivity index (χ1v) is 7.44. The van der Waals surface area contributed by atoms with Gasteiger partial charge in [-0.1, -0.05) is 0 Å². The van der Waals surface area contributed by atoms with Gasteiger partial charge in [-0.15, -0.1) is 0 Å². The number of aromatic amines is 1. The second-order valence-electron chi connectivity index (χ2n) is 4.33. The summed E-state index contributed by atoms with van der Waals surface area (Å²) in [6.07, 6.45) is -1.02. The minimum atomic E-state index is -3.24. The second-order valence-corrected chi connectivity index (χ2v) is 5.43. The third-order valence-corrected chi connectivity index (χ3v) is 3.77. The highest BCUT2D eigenvalue weighted by atomic mass is 32.2. The summed E-state index contributed by atoms with van der Waals surface area (Å²) >= 11 is -2.99. The number of fused-ring (bicyclic) bond motifs is 1. The maximum atomic E-state index is 13.4. The van der Waals surface area contributed by atoms with Gasteiger partial charge in [0.2, 0.25) is 5.88 Å². The zero-order chi connectivity index (χ0) is 28.3. The van der Waals surface area contributed by atoms with Crippen LogP contribution in [0.1, 0.15) is 33.3 Å². The monoisotopic (exact) mass is 359 g/mol. The molecule has 24 heavy (non-hydrogen) atoms. The van der Waals surface area contributed by atoms with E-state index in [4.69, 9.17) is 22.6 Å². The molecular weight excluding hydrogens is 328 g/mol. The first-order chi connectivity index (χ1) is 16.7. The fourth-order valence-electron chi connectivity index (χ4n) is 1.81. The number of imidazole rings is 1. The maximum absolute atomic E-state index is 13.4. The summed E-state index contributed by atoms with van der Waals surface area (Å²) in [6, 6.07) is 2.27. The van der Waals surface area contributed by atoms with Gasteiger partial charge in [-0.3, -0.25) is 9.96 Å². The highest BCUT2D eigenvalue weighted by Crippen LogP contribution is 2.26. The average molecular weight is 359 g/mol. The molecule has 0 radical (unpaired) electrons. The summed E-state index contributed by atoms with van der Waals surface area (Å²) in [5.74, 6) is -1.23. The predicted molar refractivity (Wildman–Crippen MR) is 90.8 cm³/mol. The molecule has 0 saturated heterocycles. The first kappa shape index (κ1) is 6.89. The summed E-state index contributed by atoms with van der Waals surface area (Å²) in [5, 5.41) is -0.762. The van der Waals surface area contributed by atoms with Crippen LogP contribution in [0.5, 0.6) is 11.6 Å². The van der Waals surface area contributed by atoms with E-state index in [-0.39, 0.29) is 11.2 Å². The van der Waals surface area contributed by atoms with Gasteiger partial charge in [-0.05, 0) is 19.8 Å². The van der Waals surface area contributed by atoms with Gasteiger partial charge in [0.1, 0.15) is 5.75 Å². The highest BCUT2D eigenvalue weighted by Gasteiger charge is 2.21. The van der Waals surface area contributed by atoms with Crippen LogP contribution in [0.25, 0.3) is 11.2 Å². The van der Waals surface area contributed by atoms with Crippen molar-refractivity contribution >= 4 is 22.3 Å². The number of rotatable bonds is 5. The topological polar surface area (TPSA) is 96.0 Å². The van der Waals surface area contributed by atoms with Crippen LogP contribution in [0.3, 0.4) is 0 Å². The van der Waals surface area contributed by atoms with Crippen LogP contribution >= 0.6 is 0 Å². The van der Waals surface area contributed by atoms with Crippen molar-refractivity contribution in [1.29, 1.82) is 0 Å². The lowest BCUT2D eigenvalue weighted by atomic mass is 10.1. The zero-order valence-electron chi connectivity index (χ0n) is 25.1. The Kier molecular flexibility index (Phi) is 1.91. The Labute approximate surface area is 161 Å². The Morgan fingerprint density at radius 2 is 2.33 bits per heavy atom. The molecule has 0 aliphatic heterocycles. The van der Waals surface area contributed by atoms with Crippen LogP contribution in [-0.2, 0) is 16.9 Å². The molecule has 0 amide bonds. The lowest BCUT2D eigenvalue weighted by molar-refractivity contribution is 0.399. The molecule has 0 aliphatic carbocycles. The molecule has 8 heteroatoms. The summed E-state index contributed by atoms with van der Waals surface area (Å²) in [6.45, 7) is -6.27. The third-order valence-electron chi connectivity index (χ3n) is 2.88. The third kappa shape index (κ3) is 3.02. The van der Waals surface area contributed by atoms with Gasteiger partial charge in [0.05, 0.1) is 33.6 Å². The van der Waals surface area contributed by atoms with Crippen LogP contribution in [-0.4, -0.2) is 38.6 Å². The molecule has 0 saturated carbocycles. The molecule has 1 N–H and O–H groups in total. The fraction of sp³-hybridized carbons (Fsp3) is 0.312. The van der Waals surface area contributed by atoms with Crippen LogP contribution < -0.4 is 9.47 Å². The van der Waals surface area contributed by atoms with Gasteiger partial charge in [-0.2, -0.15) is 9.97 Å². The number of ether oxygens (including phenoxy) is 2. The fourth-order valence-corrected chi connectivity index (χ4v) is 2.58.